The van der Waals surface area contributed by atoms with Gasteiger partial charge in [-0.2, -0.15) is 0 Å². The lowest BCUT2D eigenvalue weighted by Crippen LogP contribution is -2.36. The first-order valence-electron chi connectivity index (χ1n) is 5.55. The summed E-state index contributed by atoms with van der Waals surface area (Å²) in [4.78, 5) is 21.9. The molecule has 1 rings (SSSR count). The molecule has 0 radical (unpaired) electrons. The number of anilines is 1. The van der Waals surface area contributed by atoms with Gasteiger partial charge in [-0.1, -0.05) is 0 Å². The zero-order chi connectivity index (χ0) is 14.6. The summed E-state index contributed by atoms with van der Waals surface area (Å²) in [6.07, 6.45) is -0.365. The maximum absolute atomic E-state index is 13.5. The van der Waals surface area contributed by atoms with Crippen LogP contribution in [0.3, 0.4) is 0 Å². The molecule has 4 N–H and O–H groups in total. The highest BCUT2D eigenvalue weighted by molar-refractivity contribution is 5.95. The molecule has 0 bridgehead atoms. The van der Waals surface area contributed by atoms with Crippen LogP contribution >= 0.6 is 0 Å². The molecule has 0 aliphatic rings. The number of hydrogen-bond acceptors (Lipinski definition) is 3. The lowest BCUT2D eigenvalue weighted by molar-refractivity contribution is -0.137. The Morgan fingerprint density at radius 3 is 2.58 bits per heavy atom. The first-order chi connectivity index (χ1) is 8.81. The number of carboxylic acid groups (broad SMARTS) is 1. The van der Waals surface area contributed by atoms with E-state index < -0.39 is 29.6 Å². The van der Waals surface area contributed by atoms with Crippen molar-refractivity contribution < 1.29 is 23.5 Å². The molecular formula is C12H14F2N2O3. The van der Waals surface area contributed by atoms with Gasteiger partial charge >= 0.3 is 5.97 Å². The van der Waals surface area contributed by atoms with Crippen molar-refractivity contribution in [2.75, 3.05) is 5.32 Å². The van der Waals surface area contributed by atoms with E-state index in [1.807, 2.05) is 0 Å². The zero-order valence-electron chi connectivity index (χ0n) is 10.2. The molecule has 1 aromatic rings. The van der Waals surface area contributed by atoms with Crippen molar-refractivity contribution >= 4 is 17.6 Å². The van der Waals surface area contributed by atoms with Gasteiger partial charge in [-0.15, -0.1) is 0 Å². The van der Waals surface area contributed by atoms with Crippen LogP contribution in [0.15, 0.2) is 12.1 Å². The molecule has 0 heterocycles. The number of carbonyl (C=O) groups is 2. The highest BCUT2D eigenvalue weighted by atomic mass is 19.1. The maximum Gasteiger partial charge on any atom is 0.303 e. The SMILES string of the molecule is Cc1cc(F)c(NC(=O)C(N)CCC(=O)O)cc1F. The van der Waals surface area contributed by atoms with Crippen molar-refractivity contribution in [1.29, 1.82) is 0 Å². The number of rotatable bonds is 5. The molecule has 0 saturated carbocycles. The lowest BCUT2D eigenvalue weighted by atomic mass is 10.1. The first kappa shape index (κ1) is 15.0. The van der Waals surface area contributed by atoms with E-state index in [-0.39, 0.29) is 24.1 Å². The Balaban J connectivity index is 2.71. The first-order valence-corrected chi connectivity index (χ1v) is 5.55. The summed E-state index contributed by atoms with van der Waals surface area (Å²) >= 11 is 0. The Labute approximate surface area is 108 Å². The summed E-state index contributed by atoms with van der Waals surface area (Å²) in [7, 11) is 0. The van der Waals surface area contributed by atoms with Crippen molar-refractivity contribution in [3.05, 3.63) is 29.3 Å². The van der Waals surface area contributed by atoms with E-state index in [1.54, 1.807) is 0 Å². The molecule has 7 heteroatoms. The van der Waals surface area contributed by atoms with Crippen molar-refractivity contribution in [1.82, 2.24) is 0 Å². The Morgan fingerprint density at radius 2 is 2.00 bits per heavy atom. The molecule has 0 aliphatic carbocycles. The largest absolute Gasteiger partial charge is 0.481 e. The van der Waals surface area contributed by atoms with E-state index in [0.29, 0.717) is 0 Å². The molecular weight excluding hydrogens is 258 g/mol. The third-order valence-corrected chi connectivity index (χ3v) is 2.51. The highest BCUT2D eigenvalue weighted by Gasteiger charge is 2.17. The normalized spacial score (nSPS) is 12.0. The van der Waals surface area contributed by atoms with Gasteiger partial charge in [0.25, 0.3) is 0 Å². The van der Waals surface area contributed by atoms with Gasteiger partial charge in [-0.3, -0.25) is 9.59 Å². The number of aryl methyl sites for hydroxylation is 1. The fraction of sp³-hybridized carbons (Fsp3) is 0.333. The smallest absolute Gasteiger partial charge is 0.303 e. The Bertz CT molecular complexity index is 506. The summed E-state index contributed by atoms with van der Waals surface area (Å²) in [5, 5.41) is 10.6. The van der Waals surface area contributed by atoms with Crippen LogP contribution in [-0.2, 0) is 9.59 Å². The Morgan fingerprint density at radius 1 is 1.37 bits per heavy atom. The Hall–Kier alpha value is -2.02. The molecule has 0 saturated heterocycles. The average Bonchev–Trinajstić information content (AvgIpc) is 2.32. The van der Waals surface area contributed by atoms with Gasteiger partial charge < -0.3 is 16.2 Å². The molecule has 1 atom stereocenters. The molecule has 1 unspecified atom stereocenters. The Kier molecular flexibility index (Phi) is 4.94. The molecule has 104 valence electrons. The molecule has 0 aliphatic heterocycles. The van der Waals surface area contributed by atoms with Crippen LogP contribution < -0.4 is 11.1 Å². The van der Waals surface area contributed by atoms with Gasteiger partial charge in [-0.25, -0.2) is 8.78 Å². The van der Waals surface area contributed by atoms with Crippen LogP contribution in [0, 0.1) is 18.6 Å². The summed E-state index contributed by atoms with van der Waals surface area (Å²) in [5.74, 6) is -3.28. The summed E-state index contributed by atoms with van der Waals surface area (Å²) < 4.78 is 26.7. The third kappa shape index (κ3) is 4.29. The monoisotopic (exact) mass is 272 g/mol. The van der Waals surface area contributed by atoms with Crippen molar-refractivity contribution in [3.8, 4) is 0 Å². The van der Waals surface area contributed by atoms with Crippen LogP contribution in [0.5, 0.6) is 0 Å². The van der Waals surface area contributed by atoms with Crippen LogP contribution in [0.25, 0.3) is 0 Å². The van der Waals surface area contributed by atoms with Gasteiger partial charge in [0.15, 0.2) is 0 Å². The number of carboxylic acids is 1. The van der Waals surface area contributed by atoms with E-state index in [1.165, 1.54) is 6.92 Å². The van der Waals surface area contributed by atoms with Gasteiger partial charge in [0, 0.05) is 12.5 Å². The number of nitrogens with two attached hydrogens (primary N) is 1. The standard InChI is InChI=1S/C12H14F2N2O3/c1-6-4-8(14)10(5-7(6)13)16-12(19)9(15)2-3-11(17)18/h4-5,9H,2-3,15H2,1H3,(H,16,19)(H,17,18). The maximum atomic E-state index is 13.5. The fourth-order valence-electron chi connectivity index (χ4n) is 1.38. The van der Waals surface area contributed by atoms with Crippen molar-refractivity contribution in [2.45, 2.75) is 25.8 Å². The number of benzene rings is 1. The molecule has 0 fully saturated rings. The van der Waals surface area contributed by atoms with E-state index >= 15 is 0 Å². The number of nitrogens with one attached hydrogen (secondary N) is 1. The lowest BCUT2D eigenvalue weighted by Gasteiger charge is -2.12. The summed E-state index contributed by atoms with van der Waals surface area (Å²) in [5.41, 5.74) is 5.24. The van der Waals surface area contributed by atoms with Crippen LogP contribution in [0.4, 0.5) is 14.5 Å². The number of amides is 1. The van der Waals surface area contributed by atoms with E-state index in [4.69, 9.17) is 10.8 Å². The van der Waals surface area contributed by atoms with Crippen molar-refractivity contribution in [3.63, 3.8) is 0 Å². The minimum absolute atomic E-state index is 0.0862. The fourth-order valence-corrected chi connectivity index (χ4v) is 1.38. The second kappa shape index (κ2) is 6.24. The quantitative estimate of drug-likeness (QED) is 0.755. The number of hydrogen-bond donors (Lipinski definition) is 3. The number of halogens is 2. The van der Waals surface area contributed by atoms with E-state index in [9.17, 15) is 18.4 Å². The van der Waals surface area contributed by atoms with Gasteiger partial charge in [0.1, 0.15) is 11.6 Å². The van der Waals surface area contributed by atoms with E-state index in [2.05, 4.69) is 5.32 Å². The van der Waals surface area contributed by atoms with Crippen LogP contribution in [0.2, 0.25) is 0 Å². The molecule has 0 aromatic heterocycles. The van der Waals surface area contributed by atoms with Gasteiger partial charge in [0.2, 0.25) is 5.91 Å². The summed E-state index contributed by atoms with van der Waals surface area (Å²) in [6.45, 7) is 1.39. The number of carbonyl (C=O) groups excluding carboxylic acids is 1. The second-order valence-corrected chi connectivity index (χ2v) is 4.11. The van der Waals surface area contributed by atoms with E-state index in [0.717, 1.165) is 12.1 Å². The molecule has 19 heavy (non-hydrogen) atoms. The molecule has 1 amide bonds. The predicted molar refractivity (Wildman–Crippen MR) is 64.6 cm³/mol. The second-order valence-electron chi connectivity index (χ2n) is 4.11. The minimum Gasteiger partial charge on any atom is -0.481 e. The number of aliphatic carboxylic acids is 1. The minimum atomic E-state index is -1.10. The average molecular weight is 272 g/mol. The van der Waals surface area contributed by atoms with Crippen LogP contribution in [-0.4, -0.2) is 23.0 Å². The predicted octanol–water partition coefficient (Wildman–Crippen LogP) is 1.40. The third-order valence-electron chi connectivity index (χ3n) is 2.51. The van der Waals surface area contributed by atoms with Gasteiger partial charge in [0.05, 0.1) is 11.7 Å². The molecule has 1 aromatic carbocycles. The molecule has 5 nitrogen and oxygen atoms in total. The molecule has 0 spiro atoms. The van der Waals surface area contributed by atoms with Gasteiger partial charge in [-0.05, 0) is 25.0 Å². The topological polar surface area (TPSA) is 92.4 Å². The highest BCUT2D eigenvalue weighted by Crippen LogP contribution is 2.19. The van der Waals surface area contributed by atoms with Crippen LogP contribution in [0.1, 0.15) is 18.4 Å². The summed E-state index contributed by atoms with van der Waals surface area (Å²) in [6, 6.07) is 0.708. The zero-order valence-corrected chi connectivity index (χ0v) is 10.2. The van der Waals surface area contributed by atoms with Crippen molar-refractivity contribution in [2.24, 2.45) is 5.73 Å².